The second-order valence-electron chi connectivity index (χ2n) is 15.0. The quantitative estimate of drug-likeness (QED) is 0.154. The lowest BCUT2D eigenvalue weighted by Gasteiger charge is -2.43. The van der Waals surface area contributed by atoms with Crippen molar-refractivity contribution in [3.63, 3.8) is 0 Å². The van der Waals surface area contributed by atoms with Gasteiger partial charge in [0.05, 0.1) is 12.1 Å². The van der Waals surface area contributed by atoms with E-state index in [0.29, 0.717) is 42.6 Å². The third-order valence-corrected chi connectivity index (χ3v) is 14.6. The van der Waals surface area contributed by atoms with E-state index in [1.165, 1.54) is 0 Å². The Balaban J connectivity index is 3.15. The summed E-state index contributed by atoms with van der Waals surface area (Å²) in [4.78, 5) is 27.9. The maximum atomic E-state index is 13.5. The standard InChI is InChI=1S/C32H64N2O5Si/c1-15-16-20-33-28(35)18-17-27-26(34(32(13,14)38-27)29(36)39-30(8,9)10)22-31(11,12)19-21-37-40(23(2)3,24(4)5)25(6)7/h23-27H,15-22H2,1-14H3,(H,33,35)/t26-,27-/m0/s1. The Kier molecular flexibility index (Phi) is 13.7. The van der Waals surface area contributed by atoms with Crippen LogP contribution < -0.4 is 5.32 Å². The highest BCUT2D eigenvalue weighted by Gasteiger charge is 2.52. The predicted molar refractivity (Wildman–Crippen MR) is 168 cm³/mol. The highest BCUT2D eigenvalue weighted by molar-refractivity contribution is 6.77. The molecule has 1 aliphatic rings. The fourth-order valence-corrected chi connectivity index (χ4v) is 12.1. The van der Waals surface area contributed by atoms with Crippen molar-refractivity contribution in [2.45, 2.75) is 176 Å². The van der Waals surface area contributed by atoms with Gasteiger partial charge in [0, 0.05) is 19.6 Å². The van der Waals surface area contributed by atoms with Crippen LogP contribution >= 0.6 is 0 Å². The highest BCUT2D eigenvalue weighted by atomic mass is 28.4. The highest BCUT2D eigenvalue weighted by Crippen LogP contribution is 2.44. The minimum Gasteiger partial charge on any atom is -0.444 e. The van der Waals surface area contributed by atoms with Crippen LogP contribution in [-0.2, 0) is 18.7 Å². The van der Waals surface area contributed by atoms with Gasteiger partial charge >= 0.3 is 6.09 Å². The molecular formula is C32H64N2O5Si. The van der Waals surface area contributed by atoms with Crippen LogP contribution in [-0.4, -0.2) is 61.8 Å². The van der Waals surface area contributed by atoms with Crippen molar-refractivity contribution in [2.24, 2.45) is 5.41 Å². The van der Waals surface area contributed by atoms with Crippen LogP contribution in [0.3, 0.4) is 0 Å². The lowest BCUT2D eigenvalue weighted by molar-refractivity contribution is -0.122. The van der Waals surface area contributed by atoms with E-state index in [2.05, 4.69) is 67.6 Å². The zero-order valence-electron chi connectivity index (χ0n) is 28.5. The van der Waals surface area contributed by atoms with Crippen molar-refractivity contribution in [3.05, 3.63) is 0 Å². The summed E-state index contributed by atoms with van der Waals surface area (Å²) in [5.74, 6) is 0.0364. The number of nitrogens with one attached hydrogen (secondary N) is 1. The van der Waals surface area contributed by atoms with E-state index in [0.717, 1.165) is 25.7 Å². The van der Waals surface area contributed by atoms with Crippen molar-refractivity contribution in [3.8, 4) is 0 Å². The second kappa shape index (κ2) is 14.9. The van der Waals surface area contributed by atoms with E-state index < -0.39 is 19.6 Å². The molecular weight excluding hydrogens is 520 g/mol. The number of rotatable bonds is 15. The average molecular weight is 585 g/mol. The van der Waals surface area contributed by atoms with Crippen LogP contribution in [0.2, 0.25) is 16.6 Å². The van der Waals surface area contributed by atoms with Gasteiger partial charge in [-0.15, -0.1) is 0 Å². The smallest absolute Gasteiger partial charge is 0.412 e. The lowest BCUT2D eigenvalue weighted by Crippen LogP contribution is -2.51. The Hall–Kier alpha value is -1.12. The molecule has 0 aromatic rings. The van der Waals surface area contributed by atoms with Gasteiger partial charge in [0.2, 0.25) is 5.91 Å². The summed E-state index contributed by atoms with van der Waals surface area (Å²) in [5.41, 5.74) is 0.0522. The van der Waals surface area contributed by atoms with E-state index >= 15 is 0 Å². The summed E-state index contributed by atoms with van der Waals surface area (Å²) < 4.78 is 19.3. The SMILES string of the molecule is CCCCNC(=O)CC[C@@H]1OC(C)(C)N(C(=O)OC(C)(C)C)[C@H]1CC(C)(C)CCO[Si](C(C)C)(C(C)C)C(C)C. The van der Waals surface area contributed by atoms with E-state index in [4.69, 9.17) is 13.9 Å². The molecule has 0 radical (unpaired) electrons. The normalized spacial score (nSPS) is 20.1. The van der Waals surface area contributed by atoms with Crippen molar-refractivity contribution < 1.29 is 23.5 Å². The molecule has 1 fully saturated rings. The average Bonchev–Trinajstić information content (AvgIpc) is 3.02. The fourth-order valence-electron chi connectivity index (χ4n) is 6.65. The Labute approximate surface area is 248 Å². The molecule has 40 heavy (non-hydrogen) atoms. The van der Waals surface area contributed by atoms with Gasteiger partial charge in [-0.1, -0.05) is 68.7 Å². The number of carbonyl (C=O) groups excluding carboxylic acids is 2. The number of ether oxygens (including phenoxy) is 2. The first-order valence-corrected chi connectivity index (χ1v) is 17.9. The molecule has 0 saturated carbocycles. The third-order valence-electron chi connectivity index (χ3n) is 8.48. The molecule has 236 valence electrons. The van der Waals surface area contributed by atoms with E-state index in [1.54, 1.807) is 4.90 Å². The molecule has 0 aromatic heterocycles. The van der Waals surface area contributed by atoms with Gasteiger partial charge in [0.25, 0.3) is 0 Å². The first-order chi connectivity index (χ1) is 18.2. The van der Waals surface area contributed by atoms with Crippen LogP contribution in [0, 0.1) is 5.41 Å². The lowest BCUT2D eigenvalue weighted by atomic mass is 9.80. The molecule has 0 unspecified atom stereocenters. The molecule has 1 aliphatic heterocycles. The minimum absolute atomic E-state index is 0.0364. The van der Waals surface area contributed by atoms with Crippen LogP contribution in [0.25, 0.3) is 0 Å². The number of unbranched alkanes of at least 4 members (excludes halogenated alkanes) is 1. The topological polar surface area (TPSA) is 77.1 Å². The van der Waals surface area contributed by atoms with Crippen molar-refractivity contribution >= 4 is 20.3 Å². The molecule has 0 spiro atoms. The molecule has 0 aliphatic carbocycles. The van der Waals surface area contributed by atoms with E-state index in [1.807, 2.05) is 34.6 Å². The van der Waals surface area contributed by atoms with Crippen molar-refractivity contribution in [1.82, 2.24) is 10.2 Å². The van der Waals surface area contributed by atoms with Gasteiger partial charge in [0.15, 0.2) is 8.32 Å². The first kappa shape index (κ1) is 36.9. The van der Waals surface area contributed by atoms with Crippen LogP contribution in [0.5, 0.6) is 0 Å². The zero-order valence-corrected chi connectivity index (χ0v) is 29.5. The number of hydrogen-bond acceptors (Lipinski definition) is 5. The molecule has 1 N–H and O–H groups in total. The zero-order chi connectivity index (χ0) is 31.1. The largest absolute Gasteiger partial charge is 0.444 e. The molecule has 8 heteroatoms. The maximum absolute atomic E-state index is 13.5. The van der Waals surface area contributed by atoms with Gasteiger partial charge in [-0.3, -0.25) is 9.69 Å². The summed E-state index contributed by atoms with van der Waals surface area (Å²) in [5, 5.41) is 3.01. The fraction of sp³-hybridized carbons (Fsp3) is 0.938. The Morgan fingerprint density at radius 3 is 2.02 bits per heavy atom. The number of nitrogens with zero attached hydrogens (tertiary/aromatic N) is 1. The third kappa shape index (κ3) is 10.3. The first-order valence-electron chi connectivity index (χ1n) is 15.8. The van der Waals surface area contributed by atoms with E-state index in [9.17, 15) is 9.59 Å². The van der Waals surface area contributed by atoms with Gasteiger partial charge in [-0.05, 0) is 82.3 Å². The molecule has 2 atom stereocenters. The monoisotopic (exact) mass is 584 g/mol. The molecule has 1 rings (SSSR count). The molecule has 0 bridgehead atoms. The Morgan fingerprint density at radius 1 is 1.00 bits per heavy atom. The predicted octanol–water partition coefficient (Wildman–Crippen LogP) is 8.42. The van der Waals surface area contributed by atoms with Gasteiger partial charge in [-0.25, -0.2) is 4.79 Å². The number of hydrogen-bond donors (Lipinski definition) is 1. The summed E-state index contributed by atoms with van der Waals surface area (Å²) in [6.07, 6.45) is 3.95. The molecule has 2 amide bonds. The van der Waals surface area contributed by atoms with E-state index in [-0.39, 0.29) is 29.6 Å². The van der Waals surface area contributed by atoms with Gasteiger partial charge in [-0.2, -0.15) is 0 Å². The van der Waals surface area contributed by atoms with Gasteiger partial charge in [0.1, 0.15) is 11.3 Å². The molecule has 1 saturated heterocycles. The summed E-state index contributed by atoms with van der Waals surface area (Å²) in [7, 11) is -1.96. The Bertz CT molecular complexity index is 782. The maximum Gasteiger partial charge on any atom is 0.412 e. The minimum atomic E-state index is -1.96. The van der Waals surface area contributed by atoms with Crippen LogP contribution in [0.4, 0.5) is 4.79 Å². The second-order valence-corrected chi connectivity index (χ2v) is 20.5. The van der Waals surface area contributed by atoms with Crippen LogP contribution in [0.1, 0.15) is 135 Å². The van der Waals surface area contributed by atoms with Crippen molar-refractivity contribution in [1.29, 1.82) is 0 Å². The summed E-state index contributed by atoms with van der Waals surface area (Å²) in [6, 6.07) is -0.203. The van der Waals surface area contributed by atoms with Crippen molar-refractivity contribution in [2.75, 3.05) is 13.2 Å². The summed E-state index contributed by atoms with van der Waals surface area (Å²) >= 11 is 0. The summed E-state index contributed by atoms with van der Waals surface area (Å²) in [6.45, 7) is 31.4. The molecule has 1 heterocycles. The Morgan fingerprint density at radius 2 is 1.55 bits per heavy atom. The number of amides is 2. The van der Waals surface area contributed by atoms with Gasteiger partial charge < -0.3 is 19.2 Å². The molecule has 7 nitrogen and oxygen atoms in total. The van der Waals surface area contributed by atoms with Crippen LogP contribution in [0.15, 0.2) is 0 Å². The molecule has 0 aromatic carbocycles. The number of carbonyl (C=O) groups is 2.